The van der Waals surface area contributed by atoms with E-state index in [4.69, 9.17) is 9.47 Å². The number of nitrogens with zero attached hydrogens (tertiary/aromatic N) is 3. The van der Waals surface area contributed by atoms with E-state index >= 15 is 4.79 Å². The van der Waals surface area contributed by atoms with E-state index in [1.54, 1.807) is 35.1 Å². The third-order valence-electron chi connectivity index (χ3n) is 11.2. The topological polar surface area (TPSA) is 117 Å². The Hall–Kier alpha value is -4.80. The lowest BCUT2D eigenvalue weighted by atomic mass is 9.77. The monoisotopic (exact) mass is 691 g/mol. The average molecular weight is 692 g/mol. The van der Waals surface area contributed by atoms with Crippen molar-refractivity contribution in [1.82, 2.24) is 9.80 Å². The summed E-state index contributed by atoms with van der Waals surface area (Å²) >= 11 is 0. The van der Waals surface area contributed by atoms with Crippen molar-refractivity contribution in [3.8, 4) is 0 Å². The number of carbonyl (C=O) groups excluding carboxylic acids is 4. The van der Waals surface area contributed by atoms with E-state index < -0.39 is 59.6 Å². The Morgan fingerprint density at radius 2 is 1.65 bits per heavy atom. The van der Waals surface area contributed by atoms with E-state index in [9.17, 15) is 19.5 Å². The second kappa shape index (κ2) is 13.7. The van der Waals surface area contributed by atoms with Gasteiger partial charge in [-0.05, 0) is 47.7 Å². The Bertz CT molecular complexity index is 1890. The zero-order valence-electron chi connectivity index (χ0n) is 29.4. The highest BCUT2D eigenvalue weighted by molar-refractivity contribution is 6.06. The first-order chi connectivity index (χ1) is 24.6. The molecule has 2 fully saturated rings. The number of benzene rings is 3. The summed E-state index contributed by atoms with van der Waals surface area (Å²) in [5, 5.41) is 12.7. The van der Waals surface area contributed by atoms with Gasteiger partial charge < -0.3 is 29.3 Å². The molecular formula is C41H45N3O7. The molecule has 3 amide bonds. The first-order valence-corrected chi connectivity index (χ1v) is 17.8. The lowest BCUT2D eigenvalue weighted by molar-refractivity contribution is -0.164. The maximum atomic E-state index is 15.0. The molecule has 10 heteroatoms. The molecule has 0 aliphatic carbocycles. The summed E-state index contributed by atoms with van der Waals surface area (Å²) < 4.78 is 13.2. The molecular weight excluding hydrogens is 646 g/mol. The highest BCUT2D eigenvalue weighted by Gasteiger charge is 2.72. The quantitative estimate of drug-likeness (QED) is 0.301. The Morgan fingerprint density at radius 3 is 2.37 bits per heavy atom. The van der Waals surface area contributed by atoms with Crippen LogP contribution in [0, 0.1) is 17.8 Å². The van der Waals surface area contributed by atoms with Crippen LogP contribution in [0.3, 0.4) is 0 Å². The molecule has 8 atom stereocenters. The number of likely N-dealkylation sites (N-methyl/N-ethyl adjacent to an activating group) is 1. The molecule has 0 unspecified atom stereocenters. The summed E-state index contributed by atoms with van der Waals surface area (Å²) in [6, 6.07) is 20.6. The second-order valence-corrected chi connectivity index (χ2v) is 14.4. The van der Waals surface area contributed by atoms with Crippen molar-refractivity contribution in [1.29, 1.82) is 0 Å². The van der Waals surface area contributed by atoms with Crippen LogP contribution in [0.15, 0.2) is 97.1 Å². The SMILES string of the molecule is CC(C)[C@H](CO)N1C(=O)[C@@H]2[C@H]3C(=O)O[C@H](c4ccccc4)[C@@H](C)N(C)C(=O)CC/C=C\[C@H]3O[C@@]23C=CCN(c2ccc4ccccc4c2)C(=O)[C@@H]13. The Morgan fingerprint density at radius 1 is 0.922 bits per heavy atom. The van der Waals surface area contributed by atoms with Gasteiger partial charge in [0.15, 0.2) is 0 Å². The number of esters is 1. The largest absolute Gasteiger partial charge is 0.455 e. The van der Waals surface area contributed by atoms with Crippen LogP contribution in [0.5, 0.6) is 0 Å². The van der Waals surface area contributed by atoms with Gasteiger partial charge in [-0.1, -0.05) is 98.8 Å². The van der Waals surface area contributed by atoms with E-state index in [1.165, 1.54) is 4.90 Å². The molecule has 4 aliphatic rings. The van der Waals surface area contributed by atoms with Gasteiger partial charge in [0.05, 0.1) is 30.7 Å². The summed E-state index contributed by atoms with van der Waals surface area (Å²) in [6.07, 6.45) is 6.07. The number of hydrogen-bond acceptors (Lipinski definition) is 7. The van der Waals surface area contributed by atoms with Crippen LogP contribution >= 0.6 is 0 Å². The molecule has 4 aliphatic heterocycles. The lowest BCUT2D eigenvalue weighted by Gasteiger charge is -2.40. The highest BCUT2D eigenvalue weighted by atomic mass is 16.6. The number of fused-ring (bicyclic) bond motifs is 3. The number of rotatable bonds is 5. The van der Waals surface area contributed by atoms with E-state index in [0.717, 1.165) is 10.8 Å². The lowest BCUT2D eigenvalue weighted by Crippen LogP contribution is -2.59. The number of carbonyl (C=O) groups is 4. The number of ether oxygens (including phenoxy) is 2. The molecule has 1 spiro atoms. The normalized spacial score (nSPS) is 31.1. The molecule has 0 bridgehead atoms. The molecule has 3 aromatic rings. The van der Waals surface area contributed by atoms with Crippen molar-refractivity contribution in [2.24, 2.45) is 17.8 Å². The number of aliphatic hydroxyl groups excluding tert-OH is 1. The van der Waals surface area contributed by atoms with Gasteiger partial charge in [0.2, 0.25) is 11.8 Å². The van der Waals surface area contributed by atoms with E-state index in [0.29, 0.717) is 17.7 Å². The fraction of sp³-hybridized carbons (Fsp3) is 0.415. The Balaban J connectivity index is 1.35. The Kier molecular flexibility index (Phi) is 9.32. The van der Waals surface area contributed by atoms with Crippen LogP contribution in [-0.2, 0) is 28.7 Å². The third kappa shape index (κ3) is 5.84. The van der Waals surface area contributed by atoms with Crippen LogP contribution in [0.4, 0.5) is 5.69 Å². The van der Waals surface area contributed by atoms with Gasteiger partial charge in [-0.3, -0.25) is 19.2 Å². The first kappa shape index (κ1) is 34.6. The molecule has 0 radical (unpaired) electrons. The molecule has 0 aromatic heterocycles. The van der Waals surface area contributed by atoms with Crippen LogP contribution in [0.25, 0.3) is 10.8 Å². The van der Waals surface area contributed by atoms with Crippen molar-refractivity contribution in [2.45, 2.75) is 69.5 Å². The van der Waals surface area contributed by atoms with Gasteiger partial charge in [0.25, 0.3) is 5.91 Å². The van der Waals surface area contributed by atoms with E-state index in [-0.39, 0.29) is 37.3 Å². The minimum Gasteiger partial charge on any atom is -0.455 e. The summed E-state index contributed by atoms with van der Waals surface area (Å²) in [5.74, 6) is -3.96. The van der Waals surface area contributed by atoms with Crippen molar-refractivity contribution in [2.75, 3.05) is 25.1 Å². The third-order valence-corrected chi connectivity index (χ3v) is 11.2. The number of amides is 3. The highest BCUT2D eigenvalue weighted by Crippen LogP contribution is 2.54. The number of anilines is 1. The predicted molar refractivity (Wildman–Crippen MR) is 192 cm³/mol. The fourth-order valence-electron chi connectivity index (χ4n) is 8.38. The molecule has 7 rings (SSSR count). The zero-order valence-corrected chi connectivity index (χ0v) is 29.4. The Labute approximate surface area is 298 Å². The second-order valence-electron chi connectivity index (χ2n) is 14.4. The summed E-state index contributed by atoms with van der Waals surface area (Å²) in [7, 11) is 1.70. The maximum absolute atomic E-state index is 15.0. The van der Waals surface area contributed by atoms with Gasteiger partial charge in [-0.2, -0.15) is 0 Å². The molecule has 0 saturated carbocycles. The van der Waals surface area contributed by atoms with Crippen molar-refractivity contribution in [3.63, 3.8) is 0 Å². The summed E-state index contributed by atoms with van der Waals surface area (Å²) in [6.45, 7) is 5.48. The molecule has 3 aromatic carbocycles. The molecule has 51 heavy (non-hydrogen) atoms. The number of allylic oxidation sites excluding steroid dienone is 1. The smallest absolute Gasteiger partial charge is 0.313 e. The molecule has 10 nitrogen and oxygen atoms in total. The minimum atomic E-state index is -1.53. The minimum absolute atomic E-state index is 0.0928. The van der Waals surface area contributed by atoms with Gasteiger partial charge in [-0.25, -0.2) is 0 Å². The van der Waals surface area contributed by atoms with Crippen LogP contribution < -0.4 is 4.90 Å². The van der Waals surface area contributed by atoms with Crippen LogP contribution in [0.2, 0.25) is 0 Å². The number of hydrogen-bond donors (Lipinski definition) is 1. The first-order valence-electron chi connectivity index (χ1n) is 17.8. The van der Waals surface area contributed by atoms with Crippen LogP contribution in [-0.4, -0.2) is 88.6 Å². The summed E-state index contributed by atoms with van der Waals surface area (Å²) in [4.78, 5) is 62.6. The van der Waals surface area contributed by atoms with Gasteiger partial charge in [-0.15, -0.1) is 0 Å². The molecule has 2 saturated heterocycles. The van der Waals surface area contributed by atoms with E-state index in [1.807, 2.05) is 99.6 Å². The van der Waals surface area contributed by atoms with Crippen molar-refractivity contribution >= 4 is 40.2 Å². The van der Waals surface area contributed by atoms with Gasteiger partial charge >= 0.3 is 5.97 Å². The average Bonchev–Trinajstić information content (AvgIpc) is 3.52. The zero-order chi connectivity index (χ0) is 36.0. The molecule has 266 valence electrons. The van der Waals surface area contributed by atoms with E-state index in [2.05, 4.69) is 0 Å². The van der Waals surface area contributed by atoms with Gasteiger partial charge in [0, 0.05) is 25.7 Å². The predicted octanol–water partition coefficient (Wildman–Crippen LogP) is 4.82. The van der Waals surface area contributed by atoms with Crippen LogP contribution in [0.1, 0.15) is 45.3 Å². The summed E-state index contributed by atoms with van der Waals surface area (Å²) in [5.41, 5.74) is -0.149. The number of cyclic esters (lactones) is 1. The van der Waals surface area contributed by atoms with Crippen molar-refractivity contribution < 1.29 is 33.8 Å². The number of aliphatic hydroxyl groups is 1. The molecule has 4 heterocycles. The molecule has 1 N–H and O–H groups in total. The fourth-order valence-corrected chi connectivity index (χ4v) is 8.38. The number of likely N-dealkylation sites (tertiary alicyclic amines) is 1. The maximum Gasteiger partial charge on any atom is 0.313 e. The van der Waals surface area contributed by atoms with Gasteiger partial charge in [0.1, 0.15) is 23.7 Å². The standard InChI is InChI=1S/C41H45N3O7/c1-25(2)31(24-45)44-37-39(48)43(30-20-19-27-13-8-9-16-29(27)23-30)22-12-21-41(37)35(38(44)47)34-32(51-41)17-10-11-18-33(46)42(4)26(3)36(50-40(34)49)28-14-6-5-7-15-28/h5-10,12-17,19-21,23,25-26,31-32,34-37,45H,11,18,22,24H2,1-4H3/b17-10-/t26-,31+,32-,34+,35+,36+,37-,41+/m1/s1. The van der Waals surface area contributed by atoms with Crippen molar-refractivity contribution in [3.05, 3.63) is 103 Å².